The highest BCUT2D eigenvalue weighted by Gasteiger charge is 2.40. The Morgan fingerprint density at radius 2 is 1.81 bits per heavy atom. The van der Waals surface area contributed by atoms with Crippen LogP contribution in [-0.4, -0.2) is 52.2 Å². The average molecular weight is 539 g/mol. The van der Waals surface area contributed by atoms with Gasteiger partial charge in [0, 0.05) is 18.2 Å². The van der Waals surface area contributed by atoms with E-state index in [1.165, 1.54) is 24.5 Å². The van der Waals surface area contributed by atoms with Crippen LogP contribution in [0.25, 0.3) is 16.8 Å². The third-order valence-corrected chi connectivity index (χ3v) is 9.57. The van der Waals surface area contributed by atoms with Gasteiger partial charge in [0.2, 0.25) is 0 Å². The van der Waals surface area contributed by atoms with Gasteiger partial charge in [0.05, 0.1) is 16.6 Å². The first-order valence-corrected chi connectivity index (χ1v) is 14.3. The number of halogens is 2. The van der Waals surface area contributed by atoms with Crippen LogP contribution in [0.2, 0.25) is 0 Å². The first-order chi connectivity index (χ1) is 17.0. The van der Waals surface area contributed by atoms with Gasteiger partial charge in [-0.05, 0) is 43.9 Å². The highest BCUT2D eigenvalue weighted by Crippen LogP contribution is 2.42. The summed E-state index contributed by atoms with van der Waals surface area (Å²) in [5.41, 5.74) is 1.98. The van der Waals surface area contributed by atoms with E-state index < -0.39 is 31.8 Å². The Hall–Kier alpha value is -2.97. The summed E-state index contributed by atoms with van der Waals surface area (Å²) < 4.78 is 80.8. The second-order valence-corrected chi connectivity index (χ2v) is 12.5. The Labute approximate surface area is 206 Å². The minimum atomic E-state index is -4.73. The molecular weight excluding hydrogens is 514 g/mol. The van der Waals surface area contributed by atoms with Gasteiger partial charge in [-0.3, -0.25) is 4.40 Å². The van der Waals surface area contributed by atoms with Crippen LogP contribution in [0.1, 0.15) is 43.5 Å². The van der Waals surface area contributed by atoms with Crippen molar-refractivity contribution in [2.75, 3.05) is 0 Å². The summed E-state index contributed by atoms with van der Waals surface area (Å²) in [5.74, 6) is -3.32. The molecule has 1 saturated carbocycles. The fourth-order valence-electron chi connectivity index (χ4n) is 4.98. The number of sulfonamides is 1. The quantitative estimate of drug-likeness (QED) is 0.383. The number of aryl methyl sites for hydroxylation is 1. The number of hydrogen-bond donors (Lipinski definition) is 1. The first-order valence-electron chi connectivity index (χ1n) is 11.4. The summed E-state index contributed by atoms with van der Waals surface area (Å²) in [7, 11) is -8.65. The molecule has 0 aliphatic heterocycles. The molecule has 0 spiro atoms. The molecule has 0 saturated heterocycles. The molecule has 10 nitrogen and oxygen atoms in total. The topological polar surface area (TPSA) is 128 Å². The maximum atomic E-state index is 13.3. The van der Waals surface area contributed by atoms with Gasteiger partial charge in [0.25, 0.3) is 20.0 Å². The zero-order valence-electron chi connectivity index (χ0n) is 19.4. The van der Waals surface area contributed by atoms with E-state index in [9.17, 15) is 25.6 Å². The minimum Gasteiger partial charge on any atom is -0.274 e. The molecule has 0 amide bonds. The van der Waals surface area contributed by atoms with E-state index in [0.717, 1.165) is 9.54 Å². The Bertz CT molecular complexity index is 1650. The summed E-state index contributed by atoms with van der Waals surface area (Å²) in [5, 5.41) is 8.50. The number of alkyl halides is 2. The number of benzene rings is 1. The maximum absolute atomic E-state index is 13.3. The van der Waals surface area contributed by atoms with Gasteiger partial charge in [-0.1, -0.05) is 31.0 Å². The zero-order chi connectivity index (χ0) is 25.8. The first kappa shape index (κ1) is 24.7. The van der Waals surface area contributed by atoms with E-state index in [0.29, 0.717) is 29.8 Å². The van der Waals surface area contributed by atoms with Crippen molar-refractivity contribution < 1.29 is 25.6 Å². The molecule has 36 heavy (non-hydrogen) atoms. The Morgan fingerprint density at radius 3 is 2.47 bits per heavy atom. The summed E-state index contributed by atoms with van der Waals surface area (Å²) in [6.07, 6.45) is 4.15. The lowest BCUT2D eigenvalue weighted by Gasteiger charge is -2.16. The lowest BCUT2D eigenvalue weighted by Crippen LogP contribution is -2.36. The lowest BCUT2D eigenvalue weighted by atomic mass is 9.93. The molecule has 3 atom stereocenters. The highest BCUT2D eigenvalue weighted by molar-refractivity contribution is 7.90. The molecule has 0 unspecified atom stereocenters. The van der Waals surface area contributed by atoms with Crippen LogP contribution in [0.15, 0.2) is 47.6 Å². The lowest BCUT2D eigenvalue weighted by molar-refractivity contribution is 0.231. The van der Waals surface area contributed by atoms with Gasteiger partial charge < -0.3 is 0 Å². The summed E-state index contributed by atoms with van der Waals surface area (Å²) in [6.45, 7) is 3.80. The van der Waals surface area contributed by atoms with Gasteiger partial charge in [0.15, 0.2) is 11.3 Å². The second-order valence-electron chi connectivity index (χ2n) is 9.02. The number of nitrogens with zero attached hydrogens (tertiary/aromatic N) is 5. The molecule has 3 heterocycles. The molecule has 0 radical (unpaired) electrons. The van der Waals surface area contributed by atoms with Crippen molar-refractivity contribution >= 4 is 36.9 Å². The van der Waals surface area contributed by atoms with Gasteiger partial charge in [0.1, 0.15) is 5.82 Å². The molecule has 192 valence electrons. The van der Waals surface area contributed by atoms with Gasteiger partial charge in [-0.25, -0.2) is 30.5 Å². The van der Waals surface area contributed by atoms with E-state index in [4.69, 9.17) is 0 Å². The Kier molecular flexibility index (Phi) is 6.08. The monoisotopic (exact) mass is 538 g/mol. The number of fused-ring (bicyclic) bond motifs is 3. The number of rotatable bonds is 7. The van der Waals surface area contributed by atoms with Gasteiger partial charge in [-0.15, -0.1) is 10.2 Å². The maximum Gasteiger partial charge on any atom is 0.350 e. The van der Waals surface area contributed by atoms with E-state index >= 15 is 0 Å². The third-order valence-electron chi connectivity index (χ3n) is 6.76. The smallest absolute Gasteiger partial charge is 0.274 e. The normalized spacial score (nSPS) is 21.2. The Balaban J connectivity index is 1.57. The van der Waals surface area contributed by atoms with Crippen molar-refractivity contribution in [2.45, 2.75) is 55.7 Å². The van der Waals surface area contributed by atoms with Crippen molar-refractivity contribution in [1.82, 2.24) is 28.3 Å². The molecule has 1 aliphatic carbocycles. The molecule has 4 aromatic rings. The number of aromatic nitrogens is 5. The summed E-state index contributed by atoms with van der Waals surface area (Å²) in [6, 6.07) is 7.43. The van der Waals surface area contributed by atoms with Crippen LogP contribution in [-0.2, 0) is 20.0 Å². The largest absolute Gasteiger partial charge is 0.350 e. The van der Waals surface area contributed by atoms with Crippen LogP contribution >= 0.6 is 0 Å². The fourth-order valence-corrected chi connectivity index (χ4v) is 7.04. The van der Waals surface area contributed by atoms with Crippen molar-refractivity contribution in [1.29, 1.82) is 0 Å². The van der Waals surface area contributed by atoms with Crippen LogP contribution in [0, 0.1) is 12.8 Å². The van der Waals surface area contributed by atoms with E-state index in [-0.39, 0.29) is 28.8 Å². The average Bonchev–Trinajstić information content (AvgIpc) is 3.54. The predicted octanol–water partition coefficient (Wildman–Crippen LogP) is 3.04. The minimum absolute atomic E-state index is 0.0376. The van der Waals surface area contributed by atoms with Crippen LogP contribution in [0.3, 0.4) is 0 Å². The Morgan fingerprint density at radius 1 is 1.08 bits per heavy atom. The van der Waals surface area contributed by atoms with E-state index in [2.05, 4.69) is 19.9 Å². The molecule has 14 heteroatoms. The van der Waals surface area contributed by atoms with Crippen molar-refractivity contribution in [3.8, 4) is 0 Å². The molecule has 0 bridgehead atoms. The number of hydrogen-bond acceptors (Lipinski definition) is 7. The highest BCUT2D eigenvalue weighted by atomic mass is 32.2. The summed E-state index contributed by atoms with van der Waals surface area (Å²) in [4.78, 5) is 4.44. The van der Waals surface area contributed by atoms with Crippen molar-refractivity contribution in [3.05, 3.63) is 54.1 Å². The van der Waals surface area contributed by atoms with Gasteiger partial charge >= 0.3 is 5.76 Å². The van der Waals surface area contributed by atoms with Crippen LogP contribution < -0.4 is 4.72 Å². The van der Waals surface area contributed by atoms with Crippen molar-refractivity contribution in [3.63, 3.8) is 0 Å². The van der Waals surface area contributed by atoms with E-state index in [1.54, 1.807) is 22.6 Å². The van der Waals surface area contributed by atoms with Crippen LogP contribution in [0.5, 0.6) is 0 Å². The summed E-state index contributed by atoms with van der Waals surface area (Å²) >= 11 is 0. The van der Waals surface area contributed by atoms with Crippen LogP contribution in [0.4, 0.5) is 8.78 Å². The molecule has 1 aliphatic rings. The molecule has 1 fully saturated rings. The molecule has 5 rings (SSSR count). The van der Waals surface area contributed by atoms with Gasteiger partial charge in [-0.2, -0.15) is 8.78 Å². The number of nitrogens with one attached hydrogen (secondary N) is 1. The second kappa shape index (κ2) is 8.85. The van der Waals surface area contributed by atoms with Crippen molar-refractivity contribution in [2.24, 2.45) is 5.92 Å². The molecular formula is C22H24F2N6O4S2. The molecule has 1 aromatic carbocycles. The van der Waals surface area contributed by atoms with E-state index in [1.807, 2.05) is 13.8 Å². The third kappa shape index (κ3) is 4.06. The molecule has 1 N–H and O–H groups in total. The zero-order valence-corrected chi connectivity index (χ0v) is 21.0. The SMILES string of the molecule is CC[C@@H]1C[C@H](NS(=O)(=O)C(F)F)C[C@@H]1c1nnc2cnc3c(ccn3S(=O)(=O)c3ccc(C)cc3)n12. The standard InChI is InChI=1S/C22H24F2N6O4S2/c1-3-14-10-15(28-35(31,32)22(23)24)11-17(14)20-27-26-19-12-25-21-18(30(19)20)8-9-29(21)36(33,34)16-6-4-13(2)5-7-16/h4-9,12,14-15,17,22,28H,3,10-11H2,1-2H3/t14-,15+,17+/m1/s1. The predicted molar refractivity (Wildman–Crippen MR) is 128 cm³/mol. The molecule has 3 aromatic heterocycles. The fraction of sp³-hybridized carbons (Fsp3) is 0.409.